The molecule has 1 unspecified atom stereocenters. The molecule has 2 N–H and O–H groups in total. The maximum absolute atomic E-state index is 12.2. The van der Waals surface area contributed by atoms with Crippen LogP contribution < -0.4 is 14.8 Å². The Morgan fingerprint density at radius 1 is 0.800 bits per heavy atom. The largest absolute Gasteiger partial charge is 0.489 e. The van der Waals surface area contributed by atoms with Gasteiger partial charge in [0.1, 0.15) is 36.4 Å². The van der Waals surface area contributed by atoms with Crippen LogP contribution >= 0.6 is 0 Å². The summed E-state index contributed by atoms with van der Waals surface area (Å²) in [5, 5.41) is 12.1. The number of alkyl carbamates (subject to hydrolysis) is 1. The molecule has 3 aromatic carbocycles. The number of carbonyl (C=O) groups is 2. The number of carboxylic acid groups (broad SMARTS) is 1. The van der Waals surface area contributed by atoms with E-state index in [0.717, 1.165) is 11.1 Å². The van der Waals surface area contributed by atoms with Crippen LogP contribution in [0.15, 0.2) is 78.9 Å². The van der Waals surface area contributed by atoms with Crippen LogP contribution in [0.25, 0.3) is 0 Å². The minimum absolute atomic E-state index is 0.0266. The third-order valence-corrected chi connectivity index (χ3v) is 4.87. The van der Waals surface area contributed by atoms with Crippen molar-refractivity contribution < 1.29 is 28.9 Å². The molecule has 0 saturated carbocycles. The van der Waals surface area contributed by atoms with Gasteiger partial charge in [0.05, 0.1) is 0 Å². The summed E-state index contributed by atoms with van der Waals surface area (Å²) in [4.78, 5) is 24.0. The second-order valence-electron chi connectivity index (χ2n) is 9.10. The predicted octanol–water partition coefficient (Wildman–Crippen LogP) is 5.37. The van der Waals surface area contributed by atoms with Crippen LogP contribution in [0.3, 0.4) is 0 Å². The highest BCUT2D eigenvalue weighted by atomic mass is 16.6. The van der Waals surface area contributed by atoms with Gasteiger partial charge < -0.3 is 24.6 Å². The van der Waals surface area contributed by atoms with Crippen molar-refractivity contribution in [1.29, 1.82) is 0 Å². The Labute approximate surface area is 205 Å². The molecule has 1 atom stereocenters. The highest BCUT2D eigenvalue weighted by Gasteiger charge is 2.24. The molecule has 0 heterocycles. The maximum atomic E-state index is 12.2. The fourth-order valence-corrected chi connectivity index (χ4v) is 3.28. The van der Waals surface area contributed by atoms with E-state index < -0.39 is 23.7 Å². The quantitative estimate of drug-likeness (QED) is 0.408. The van der Waals surface area contributed by atoms with Gasteiger partial charge in [-0.25, -0.2) is 9.59 Å². The van der Waals surface area contributed by atoms with Crippen molar-refractivity contribution in [1.82, 2.24) is 5.32 Å². The van der Waals surface area contributed by atoms with E-state index in [0.29, 0.717) is 30.3 Å². The lowest BCUT2D eigenvalue weighted by molar-refractivity contribution is -0.139. The molecular weight excluding hydrogens is 446 g/mol. The molecule has 7 heteroatoms. The minimum atomic E-state index is -1.18. The summed E-state index contributed by atoms with van der Waals surface area (Å²) in [6.07, 6.45) is -0.763. The van der Waals surface area contributed by atoms with Gasteiger partial charge in [0.15, 0.2) is 0 Å². The van der Waals surface area contributed by atoms with Crippen LogP contribution in [0.2, 0.25) is 0 Å². The lowest BCUT2D eigenvalue weighted by Crippen LogP contribution is -2.44. The predicted molar refractivity (Wildman–Crippen MR) is 132 cm³/mol. The van der Waals surface area contributed by atoms with Gasteiger partial charge >= 0.3 is 12.1 Å². The monoisotopic (exact) mass is 477 g/mol. The Bertz CT molecular complexity index is 1050. The molecule has 0 aliphatic rings. The molecule has 0 spiro atoms. The van der Waals surface area contributed by atoms with E-state index in [1.165, 1.54) is 0 Å². The molecule has 0 aliphatic heterocycles. The Morgan fingerprint density at radius 3 is 1.71 bits per heavy atom. The molecule has 3 rings (SSSR count). The molecule has 0 aromatic heterocycles. The van der Waals surface area contributed by atoms with E-state index in [9.17, 15) is 14.7 Å². The number of hydrogen-bond acceptors (Lipinski definition) is 5. The number of aliphatic carboxylic acids is 1. The third-order valence-electron chi connectivity index (χ3n) is 4.87. The zero-order valence-electron chi connectivity index (χ0n) is 20.2. The van der Waals surface area contributed by atoms with Crippen molar-refractivity contribution in [2.75, 3.05) is 0 Å². The molecule has 7 nitrogen and oxygen atoms in total. The van der Waals surface area contributed by atoms with E-state index in [4.69, 9.17) is 14.2 Å². The second kappa shape index (κ2) is 11.9. The van der Waals surface area contributed by atoms with Gasteiger partial charge in [-0.05, 0) is 49.6 Å². The second-order valence-corrected chi connectivity index (χ2v) is 9.10. The first-order valence-corrected chi connectivity index (χ1v) is 11.4. The van der Waals surface area contributed by atoms with Crippen LogP contribution in [-0.2, 0) is 29.2 Å². The summed E-state index contributed by atoms with van der Waals surface area (Å²) in [5.41, 5.74) is 1.90. The number of carbonyl (C=O) groups excluding carboxylic acids is 1. The molecule has 0 radical (unpaired) electrons. The molecule has 3 aromatic rings. The molecular formula is C28H31NO6. The van der Waals surface area contributed by atoms with Gasteiger partial charge in [-0.1, -0.05) is 60.7 Å². The van der Waals surface area contributed by atoms with Gasteiger partial charge in [-0.2, -0.15) is 0 Å². The number of ether oxygens (including phenoxy) is 3. The first kappa shape index (κ1) is 25.6. The highest BCUT2D eigenvalue weighted by Crippen LogP contribution is 2.26. The maximum Gasteiger partial charge on any atom is 0.408 e. The number of rotatable bonds is 10. The van der Waals surface area contributed by atoms with Crippen LogP contribution in [0.4, 0.5) is 4.79 Å². The summed E-state index contributed by atoms with van der Waals surface area (Å²) >= 11 is 0. The Morgan fingerprint density at radius 2 is 1.29 bits per heavy atom. The summed E-state index contributed by atoms with van der Waals surface area (Å²) in [7, 11) is 0. The molecule has 1 amide bonds. The lowest BCUT2D eigenvalue weighted by Gasteiger charge is -2.22. The summed E-state index contributed by atoms with van der Waals surface area (Å²) in [6, 6.07) is 23.5. The average Bonchev–Trinajstić information content (AvgIpc) is 2.81. The zero-order chi connectivity index (χ0) is 25.3. The standard InChI is InChI=1S/C28H31NO6/c1-28(2,3)35-27(32)29-25(26(30)31)16-22-14-23(33-18-20-10-6-4-7-11-20)17-24(15-22)34-19-21-12-8-5-9-13-21/h4-15,17,25H,16,18-19H2,1-3H3,(H,29,32)(H,30,31). The zero-order valence-corrected chi connectivity index (χ0v) is 20.2. The van der Waals surface area contributed by atoms with Crippen LogP contribution in [0.5, 0.6) is 11.5 Å². The normalized spacial score (nSPS) is 11.9. The number of amides is 1. The Balaban J connectivity index is 1.78. The van der Waals surface area contributed by atoms with E-state index >= 15 is 0 Å². The lowest BCUT2D eigenvalue weighted by atomic mass is 10.1. The van der Waals surface area contributed by atoms with Crippen LogP contribution in [-0.4, -0.2) is 28.8 Å². The van der Waals surface area contributed by atoms with Crippen LogP contribution in [0, 0.1) is 0 Å². The average molecular weight is 478 g/mol. The van der Waals surface area contributed by atoms with E-state index in [1.54, 1.807) is 39.0 Å². The summed E-state index contributed by atoms with van der Waals surface area (Å²) in [5.74, 6) is -0.0927. The fraction of sp³-hybridized carbons (Fsp3) is 0.286. The minimum Gasteiger partial charge on any atom is -0.489 e. The van der Waals surface area contributed by atoms with Gasteiger partial charge in [-0.15, -0.1) is 0 Å². The van der Waals surface area contributed by atoms with E-state index in [-0.39, 0.29) is 6.42 Å². The SMILES string of the molecule is CC(C)(C)OC(=O)NC(Cc1cc(OCc2ccccc2)cc(OCc2ccccc2)c1)C(=O)O. The molecule has 0 saturated heterocycles. The molecule has 35 heavy (non-hydrogen) atoms. The molecule has 184 valence electrons. The third kappa shape index (κ3) is 9.04. The Kier molecular flexibility index (Phi) is 8.73. The van der Waals surface area contributed by atoms with Crippen molar-refractivity contribution in [3.05, 3.63) is 95.6 Å². The summed E-state index contributed by atoms with van der Waals surface area (Å²) in [6.45, 7) is 5.84. The van der Waals surface area contributed by atoms with E-state index in [1.807, 2.05) is 60.7 Å². The van der Waals surface area contributed by atoms with Crippen molar-refractivity contribution in [2.24, 2.45) is 0 Å². The highest BCUT2D eigenvalue weighted by molar-refractivity contribution is 5.80. The number of benzene rings is 3. The van der Waals surface area contributed by atoms with Crippen molar-refractivity contribution in [2.45, 2.75) is 52.0 Å². The van der Waals surface area contributed by atoms with Crippen LogP contribution in [0.1, 0.15) is 37.5 Å². The van der Waals surface area contributed by atoms with Crippen molar-refractivity contribution >= 4 is 12.1 Å². The number of hydrogen-bond donors (Lipinski definition) is 2. The van der Waals surface area contributed by atoms with Gasteiger partial charge in [-0.3, -0.25) is 0 Å². The van der Waals surface area contributed by atoms with Gasteiger partial charge in [0.25, 0.3) is 0 Å². The van der Waals surface area contributed by atoms with Gasteiger partial charge in [0, 0.05) is 12.5 Å². The topological polar surface area (TPSA) is 94.1 Å². The number of carboxylic acids is 1. The molecule has 0 bridgehead atoms. The number of nitrogens with one attached hydrogen (secondary N) is 1. The first-order valence-electron chi connectivity index (χ1n) is 11.4. The van der Waals surface area contributed by atoms with Gasteiger partial charge in [0.2, 0.25) is 0 Å². The smallest absolute Gasteiger partial charge is 0.408 e. The summed E-state index contributed by atoms with van der Waals surface area (Å²) < 4.78 is 17.2. The van der Waals surface area contributed by atoms with Crippen molar-refractivity contribution in [3.8, 4) is 11.5 Å². The molecule has 0 fully saturated rings. The first-order chi connectivity index (χ1) is 16.7. The van der Waals surface area contributed by atoms with E-state index in [2.05, 4.69) is 5.32 Å². The van der Waals surface area contributed by atoms with Crippen molar-refractivity contribution in [3.63, 3.8) is 0 Å². The molecule has 0 aliphatic carbocycles. The Hall–Kier alpha value is -4.00. The fourth-order valence-electron chi connectivity index (χ4n) is 3.28.